The maximum atomic E-state index is 11.8. The Hall–Kier alpha value is -2.23. The van der Waals surface area contributed by atoms with E-state index in [1.165, 1.54) is 6.33 Å². The zero-order chi connectivity index (χ0) is 11.4. The van der Waals surface area contributed by atoms with Crippen LogP contribution < -0.4 is 5.49 Å². The van der Waals surface area contributed by atoms with Crippen molar-refractivity contribution in [2.75, 3.05) is 0 Å². The molecule has 0 bridgehead atoms. The molecule has 0 amide bonds. The van der Waals surface area contributed by atoms with Crippen LogP contribution in [-0.4, -0.2) is 15.3 Å². The smallest absolute Gasteiger partial charge is 0.182 e. The summed E-state index contributed by atoms with van der Waals surface area (Å²) in [5.41, 5.74) is 0.883. The molecule has 0 radical (unpaired) electrons. The maximum absolute atomic E-state index is 11.8. The van der Waals surface area contributed by atoms with Gasteiger partial charge in [0.05, 0.1) is 12.9 Å². The third-order valence-corrected chi connectivity index (χ3v) is 2.19. The molecule has 0 fully saturated rings. The molecule has 0 aliphatic rings. The number of carbonyl (C=O) groups excluding carboxylic acids is 1. The fourth-order valence-electron chi connectivity index (χ4n) is 1.36. The summed E-state index contributed by atoms with van der Waals surface area (Å²) in [5.74, 6) is 0.0325. The number of hydrogen-bond acceptors (Lipinski definition) is 3. The zero-order valence-electron chi connectivity index (χ0n) is 8.63. The number of nitrogens with one attached hydrogen (secondary N) is 1. The minimum Gasteiger partial charge on any atom is -0.331 e. The van der Waals surface area contributed by atoms with Crippen molar-refractivity contribution in [3.63, 3.8) is 0 Å². The highest BCUT2D eigenvalue weighted by molar-refractivity contribution is 5.95. The molecule has 0 spiro atoms. The van der Waals surface area contributed by atoms with E-state index in [1.54, 1.807) is 29.0 Å². The lowest BCUT2D eigenvalue weighted by Gasteiger charge is -2.04. The molecular weight excluding hydrogens is 202 g/mol. The monoisotopic (exact) mass is 213 g/mol. The average molecular weight is 213 g/mol. The van der Waals surface area contributed by atoms with E-state index in [4.69, 9.17) is 5.41 Å². The molecule has 0 unspecified atom stereocenters. The van der Waals surface area contributed by atoms with Crippen LogP contribution >= 0.6 is 0 Å². The normalized spacial score (nSPS) is 10.0. The van der Waals surface area contributed by atoms with E-state index in [0.29, 0.717) is 5.56 Å². The van der Waals surface area contributed by atoms with Gasteiger partial charge in [0.15, 0.2) is 5.78 Å². The lowest BCUT2D eigenvalue weighted by atomic mass is 10.1. The molecule has 0 aliphatic carbocycles. The molecular formula is C12H11N3O. The number of hydrogen-bond donors (Lipinski definition) is 1. The van der Waals surface area contributed by atoms with Crippen molar-refractivity contribution in [2.24, 2.45) is 0 Å². The van der Waals surface area contributed by atoms with Crippen LogP contribution in [0, 0.1) is 5.41 Å². The summed E-state index contributed by atoms with van der Waals surface area (Å²) in [4.78, 5) is 15.6. The third-order valence-electron chi connectivity index (χ3n) is 2.19. The van der Waals surface area contributed by atoms with E-state index in [2.05, 4.69) is 4.98 Å². The van der Waals surface area contributed by atoms with Crippen LogP contribution in [0.15, 0.2) is 48.9 Å². The van der Waals surface area contributed by atoms with Crippen LogP contribution in [0.2, 0.25) is 0 Å². The quantitative estimate of drug-likeness (QED) is 0.780. The Balaban J connectivity index is 2.14. The number of Topliss-reactive ketones (excluding diaryl/α,β-unsaturated/α-hetero) is 1. The largest absolute Gasteiger partial charge is 0.331 e. The minimum atomic E-state index is 0.0325. The third kappa shape index (κ3) is 2.42. The van der Waals surface area contributed by atoms with Crippen molar-refractivity contribution in [2.45, 2.75) is 6.54 Å². The standard InChI is InChI=1S/C12H11N3O/c13-12-6-7-15(9-14-12)8-11(16)10-4-2-1-3-5-10/h1-7,9,13H,8H2. The van der Waals surface area contributed by atoms with Gasteiger partial charge in [0, 0.05) is 11.8 Å². The fraction of sp³-hybridized carbons (Fsp3) is 0.0833. The van der Waals surface area contributed by atoms with Crippen molar-refractivity contribution in [1.29, 1.82) is 5.41 Å². The summed E-state index contributed by atoms with van der Waals surface area (Å²) in [6.45, 7) is 0.247. The number of benzene rings is 1. The van der Waals surface area contributed by atoms with Crippen LogP contribution in [-0.2, 0) is 6.54 Å². The second-order valence-electron chi connectivity index (χ2n) is 3.41. The van der Waals surface area contributed by atoms with Crippen LogP contribution in [0.25, 0.3) is 0 Å². The summed E-state index contributed by atoms with van der Waals surface area (Å²) in [5, 5.41) is 7.23. The van der Waals surface area contributed by atoms with E-state index >= 15 is 0 Å². The molecule has 4 nitrogen and oxygen atoms in total. The topological polar surface area (TPSA) is 58.7 Å². The number of rotatable bonds is 3. The van der Waals surface area contributed by atoms with Crippen molar-refractivity contribution < 1.29 is 4.79 Å². The van der Waals surface area contributed by atoms with Gasteiger partial charge < -0.3 is 4.57 Å². The van der Waals surface area contributed by atoms with E-state index in [0.717, 1.165) is 0 Å². The zero-order valence-corrected chi connectivity index (χ0v) is 8.63. The lowest BCUT2D eigenvalue weighted by molar-refractivity contribution is 0.0971. The van der Waals surface area contributed by atoms with E-state index in [-0.39, 0.29) is 17.8 Å². The minimum absolute atomic E-state index is 0.0325. The average Bonchev–Trinajstić information content (AvgIpc) is 2.33. The first-order chi connectivity index (χ1) is 7.75. The van der Waals surface area contributed by atoms with Gasteiger partial charge in [-0.15, -0.1) is 0 Å². The van der Waals surface area contributed by atoms with Crippen molar-refractivity contribution in [3.05, 3.63) is 60.0 Å². The Bertz CT molecular complexity index is 525. The van der Waals surface area contributed by atoms with Gasteiger partial charge in [0.25, 0.3) is 0 Å². The Morgan fingerprint density at radius 3 is 2.62 bits per heavy atom. The fourth-order valence-corrected chi connectivity index (χ4v) is 1.36. The molecule has 2 rings (SSSR count). The van der Waals surface area contributed by atoms with E-state index in [1.807, 2.05) is 18.2 Å². The molecule has 2 aromatic rings. The molecule has 1 N–H and O–H groups in total. The first-order valence-electron chi connectivity index (χ1n) is 4.90. The first-order valence-corrected chi connectivity index (χ1v) is 4.90. The van der Waals surface area contributed by atoms with Gasteiger partial charge in [0.1, 0.15) is 5.49 Å². The summed E-state index contributed by atoms with van der Waals surface area (Å²) in [6, 6.07) is 10.7. The molecule has 0 saturated carbocycles. The van der Waals surface area contributed by atoms with Crippen LogP contribution in [0.4, 0.5) is 0 Å². The Morgan fingerprint density at radius 2 is 2.00 bits per heavy atom. The van der Waals surface area contributed by atoms with Crippen molar-refractivity contribution in [1.82, 2.24) is 9.55 Å². The summed E-state index contributed by atoms with van der Waals surface area (Å²) in [6.07, 6.45) is 3.17. The molecule has 1 heterocycles. The Labute approximate surface area is 92.7 Å². The highest BCUT2D eigenvalue weighted by Gasteiger charge is 2.04. The van der Waals surface area contributed by atoms with Gasteiger partial charge in [0.2, 0.25) is 0 Å². The number of carbonyl (C=O) groups is 1. The van der Waals surface area contributed by atoms with Crippen molar-refractivity contribution in [3.8, 4) is 0 Å². The summed E-state index contributed by atoms with van der Waals surface area (Å²) < 4.78 is 1.66. The van der Waals surface area contributed by atoms with Gasteiger partial charge in [-0.1, -0.05) is 30.3 Å². The molecule has 0 aliphatic heterocycles. The molecule has 80 valence electrons. The second kappa shape index (κ2) is 4.53. The van der Waals surface area contributed by atoms with Gasteiger partial charge >= 0.3 is 0 Å². The number of aromatic nitrogens is 2. The summed E-state index contributed by atoms with van der Waals surface area (Å²) in [7, 11) is 0. The van der Waals surface area contributed by atoms with Crippen molar-refractivity contribution >= 4 is 5.78 Å². The van der Waals surface area contributed by atoms with Gasteiger partial charge in [-0.25, -0.2) is 4.98 Å². The second-order valence-corrected chi connectivity index (χ2v) is 3.41. The highest BCUT2D eigenvalue weighted by atomic mass is 16.1. The molecule has 4 heteroatoms. The van der Waals surface area contributed by atoms with E-state index in [9.17, 15) is 4.79 Å². The van der Waals surface area contributed by atoms with Crippen LogP contribution in [0.1, 0.15) is 10.4 Å². The molecule has 1 aromatic heterocycles. The predicted octanol–water partition coefficient (Wildman–Crippen LogP) is 1.25. The molecule has 0 saturated heterocycles. The lowest BCUT2D eigenvalue weighted by Crippen LogP contribution is -2.14. The van der Waals surface area contributed by atoms with Crippen LogP contribution in [0.5, 0.6) is 0 Å². The molecule has 0 atom stereocenters. The van der Waals surface area contributed by atoms with Crippen LogP contribution in [0.3, 0.4) is 0 Å². The number of ketones is 1. The molecule has 1 aromatic carbocycles. The molecule has 16 heavy (non-hydrogen) atoms. The van der Waals surface area contributed by atoms with Gasteiger partial charge in [-0.3, -0.25) is 10.2 Å². The maximum Gasteiger partial charge on any atom is 0.182 e. The SMILES string of the molecule is N=c1ccn(CC(=O)c2ccccc2)cn1. The van der Waals surface area contributed by atoms with Gasteiger partial charge in [-0.2, -0.15) is 0 Å². The Morgan fingerprint density at radius 1 is 1.25 bits per heavy atom. The Kier molecular flexibility index (Phi) is 2.91. The summed E-state index contributed by atoms with van der Waals surface area (Å²) >= 11 is 0. The highest BCUT2D eigenvalue weighted by Crippen LogP contribution is 2.01. The number of nitrogens with zero attached hydrogens (tertiary/aromatic N) is 2. The predicted molar refractivity (Wildman–Crippen MR) is 58.9 cm³/mol. The first kappa shape index (κ1) is 10.3. The van der Waals surface area contributed by atoms with E-state index < -0.39 is 0 Å². The van der Waals surface area contributed by atoms with Gasteiger partial charge in [-0.05, 0) is 6.07 Å².